The van der Waals surface area contributed by atoms with Crippen molar-refractivity contribution in [3.63, 3.8) is 0 Å². The van der Waals surface area contributed by atoms with E-state index in [2.05, 4.69) is 19.4 Å². The topological polar surface area (TPSA) is 64.1 Å². The summed E-state index contributed by atoms with van der Waals surface area (Å²) in [7, 11) is 0. The Morgan fingerprint density at radius 2 is 2.07 bits per heavy atom. The highest BCUT2D eigenvalue weighted by Gasteiger charge is 2.21. The highest BCUT2D eigenvalue weighted by Crippen LogP contribution is 2.39. The fourth-order valence-electron chi connectivity index (χ4n) is 2.37. The monoisotopic (exact) mass is 443 g/mol. The number of hydrogen-bond donors (Lipinski definition) is 1. The van der Waals surface area contributed by atoms with Gasteiger partial charge in [-0.15, -0.1) is 0 Å². The van der Waals surface area contributed by atoms with Gasteiger partial charge in [0.15, 0.2) is 0 Å². The molecule has 0 bridgehead atoms. The second-order valence-electron chi connectivity index (χ2n) is 5.76. The third kappa shape index (κ3) is 5.18. The van der Waals surface area contributed by atoms with E-state index in [1.54, 1.807) is 16.8 Å². The Bertz CT molecular complexity index is 1030. The van der Waals surface area contributed by atoms with Gasteiger partial charge in [-0.05, 0) is 47.6 Å². The number of anilines is 1. The zero-order valence-electron chi connectivity index (χ0n) is 14.8. The molecule has 0 saturated carbocycles. The summed E-state index contributed by atoms with van der Waals surface area (Å²) >= 11 is 2.16. The van der Waals surface area contributed by atoms with Crippen LogP contribution in [0.25, 0.3) is 10.6 Å². The maximum atomic E-state index is 12.9. The second kappa shape index (κ2) is 9.14. The molecule has 3 aromatic rings. The van der Waals surface area contributed by atoms with E-state index in [4.69, 9.17) is 0 Å². The largest absolute Gasteiger partial charge is 0.434 e. The van der Waals surface area contributed by atoms with Gasteiger partial charge >= 0.3 is 6.61 Å². The van der Waals surface area contributed by atoms with E-state index < -0.39 is 18.6 Å². The molecule has 0 spiro atoms. The molecule has 0 radical (unpaired) electrons. The van der Waals surface area contributed by atoms with Crippen LogP contribution in [-0.4, -0.2) is 21.9 Å². The average molecular weight is 443 g/mol. The van der Waals surface area contributed by atoms with Gasteiger partial charge in [0.2, 0.25) is 0 Å². The number of amides is 1. The lowest BCUT2D eigenvalue weighted by Gasteiger charge is -2.14. The maximum Gasteiger partial charge on any atom is 0.387 e. The summed E-state index contributed by atoms with van der Waals surface area (Å²) in [4.78, 5) is 16.6. The molecule has 1 aromatic carbocycles. The summed E-state index contributed by atoms with van der Waals surface area (Å²) in [5, 5.41) is 6.16. The number of hydrogen-bond acceptors (Lipinski definition) is 6. The first-order valence-corrected chi connectivity index (χ1v) is 9.82. The SMILES string of the molecule is CC(Cc1nsc(-c2c(NC(=O)c3ccsc3)cccc2OC(F)F)n1)=C(F)F. The van der Waals surface area contributed by atoms with Crippen LogP contribution in [0.4, 0.5) is 23.2 Å². The zero-order valence-corrected chi connectivity index (χ0v) is 16.4. The predicted molar refractivity (Wildman–Crippen MR) is 103 cm³/mol. The molecule has 0 atom stereocenters. The van der Waals surface area contributed by atoms with Crippen LogP contribution in [0.5, 0.6) is 5.75 Å². The maximum absolute atomic E-state index is 12.9. The second-order valence-corrected chi connectivity index (χ2v) is 7.29. The first-order chi connectivity index (χ1) is 13.8. The molecular formula is C18H13F4N3O2S2. The standard InChI is InChI=1S/C18H13F4N3O2S2/c1-9(15(19)20)7-13-24-17(29-25-13)14-11(3-2-4-12(14)27-18(21)22)23-16(26)10-5-6-28-8-10/h2-6,8,18H,7H2,1H3,(H,23,26). The van der Waals surface area contributed by atoms with Crippen LogP contribution < -0.4 is 10.1 Å². The van der Waals surface area contributed by atoms with Gasteiger partial charge < -0.3 is 10.1 Å². The zero-order chi connectivity index (χ0) is 21.0. The molecule has 11 heteroatoms. The molecule has 0 fully saturated rings. The van der Waals surface area contributed by atoms with Crippen LogP contribution in [0.3, 0.4) is 0 Å². The first-order valence-electron chi connectivity index (χ1n) is 8.10. The molecule has 0 unspecified atom stereocenters. The number of carbonyl (C=O) groups is 1. The van der Waals surface area contributed by atoms with Crippen LogP contribution in [-0.2, 0) is 6.42 Å². The molecule has 5 nitrogen and oxygen atoms in total. The summed E-state index contributed by atoms with van der Waals surface area (Å²) in [6.45, 7) is -1.86. The molecule has 2 aromatic heterocycles. The van der Waals surface area contributed by atoms with E-state index in [9.17, 15) is 22.4 Å². The fraction of sp³-hybridized carbons (Fsp3) is 0.167. The molecule has 0 saturated heterocycles. The average Bonchev–Trinajstić information content (AvgIpc) is 3.33. The van der Waals surface area contributed by atoms with E-state index in [1.807, 2.05) is 0 Å². The third-order valence-electron chi connectivity index (χ3n) is 3.70. The Balaban J connectivity index is 2.00. The predicted octanol–water partition coefficient (Wildman–Crippen LogP) is 5.83. The first kappa shape index (κ1) is 20.9. The minimum absolute atomic E-state index is 0.0995. The summed E-state index contributed by atoms with van der Waals surface area (Å²) in [5.74, 6) is -0.545. The van der Waals surface area contributed by atoms with Gasteiger partial charge in [-0.1, -0.05) is 6.07 Å². The van der Waals surface area contributed by atoms with E-state index in [1.165, 1.54) is 36.5 Å². The summed E-state index contributed by atoms with van der Waals surface area (Å²) < 4.78 is 59.7. The van der Waals surface area contributed by atoms with Crippen molar-refractivity contribution in [2.24, 2.45) is 0 Å². The Morgan fingerprint density at radius 3 is 2.72 bits per heavy atom. The number of benzene rings is 1. The van der Waals surface area contributed by atoms with Gasteiger partial charge in [-0.25, -0.2) is 4.98 Å². The van der Waals surface area contributed by atoms with Crippen molar-refractivity contribution in [2.45, 2.75) is 20.0 Å². The lowest BCUT2D eigenvalue weighted by atomic mass is 10.1. The van der Waals surface area contributed by atoms with Crippen LogP contribution in [0.1, 0.15) is 23.1 Å². The normalized spacial score (nSPS) is 10.8. The van der Waals surface area contributed by atoms with Crippen LogP contribution in [0.2, 0.25) is 0 Å². The molecule has 3 rings (SSSR count). The van der Waals surface area contributed by atoms with E-state index in [0.717, 1.165) is 11.5 Å². The smallest absolute Gasteiger partial charge is 0.387 e. The molecule has 0 aliphatic heterocycles. The van der Waals surface area contributed by atoms with Crippen LogP contribution >= 0.6 is 22.9 Å². The number of rotatable bonds is 7. The molecule has 1 N–H and O–H groups in total. The number of carbonyl (C=O) groups excluding carboxylic acids is 1. The van der Waals surface area contributed by atoms with Crippen molar-refractivity contribution in [1.82, 2.24) is 9.36 Å². The highest BCUT2D eigenvalue weighted by atomic mass is 32.1. The lowest BCUT2D eigenvalue weighted by molar-refractivity contribution is -0.0494. The Kier molecular flexibility index (Phi) is 6.60. The molecule has 2 heterocycles. The van der Waals surface area contributed by atoms with Crippen molar-refractivity contribution in [2.75, 3.05) is 5.32 Å². The number of allylic oxidation sites excluding steroid dienone is 1. The van der Waals surface area contributed by atoms with Gasteiger partial charge in [-0.3, -0.25) is 4.79 Å². The van der Waals surface area contributed by atoms with E-state index in [-0.39, 0.29) is 39.8 Å². The van der Waals surface area contributed by atoms with Crippen LogP contribution in [0.15, 0.2) is 46.7 Å². The van der Waals surface area contributed by atoms with Crippen molar-refractivity contribution >= 4 is 34.5 Å². The van der Waals surface area contributed by atoms with Crippen molar-refractivity contribution < 1.29 is 27.1 Å². The number of nitrogens with zero attached hydrogens (tertiary/aromatic N) is 2. The molecule has 0 aliphatic rings. The van der Waals surface area contributed by atoms with E-state index in [0.29, 0.717) is 5.56 Å². The van der Waals surface area contributed by atoms with Gasteiger partial charge in [0.05, 0.1) is 16.8 Å². The van der Waals surface area contributed by atoms with Crippen molar-refractivity contribution in [3.05, 3.63) is 58.1 Å². The quantitative estimate of drug-likeness (QED) is 0.467. The minimum Gasteiger partial charge on any atom is -0.434 e. The summed E-state index contributed by atoms with van der Waals surface area (Å²) in [5.41, 5.74) is 0.490. The molecule has 1 amide bonds. The third-order valence-corrected chi connectivity index (χ3v) is 5.16. The summed E-state index contributed by atoms with van der Waals surface area (Å²) in [6.07, 6.45) is -2.01. The number of nitrogens with one attached hydrogen (secondary N) is 1. The molecular weight excluding hydrogens is 430 g/mol. The number of ether oxygens (including phenoxy) is 1. The van der Waals surface area contributed by atoms with Crippen LogP contribution in [0, 0.1) is 0 Å². The summed E-state index contributed by atoms with van der Waals surface area (Å²) in [6, 6.07) is 5.86. The number of halogens is 4. The highest BCUT2D eigenvalue weighted by molar-refractivity contribution is 7.09. The van der Waals surface area contributed by atoms with Crippen molar-refractivity contribution in [1.29, 1.82) is 0 Å². The van der Waals surface area contributed by atoms with Gasteiger partial charge in [-0.2, -0.15) is 33.3 Å². The molecule has 29 heavy (non-hydrogen) atoms. The van der Waals surface area contributed by atoms with Crippen molar-refractivity contribution in [3.8, 4) is 16.3 Å². The Morgan fingerprint density at radius 1 is 1.28 bits per heavy atom. The Labute approximate surface area is 170 Å². The van der Waals surface area contributed by atoms with Gasteiger partial charge in [0.25, 0.3) is 12.0 Å². The lowest BCUT2D eigenvalue weighted by Crippen LogP contribution is -2.12. The number of aromatic nitrogens is 2. The molecule has 152 valence electrons. The van der Waals surface area contributed by atoms with Gasteiger partial charge in [0.1, 0.15) is 16.6 Å². The number of alkyl halides is 2. The Hall–Kier alpha value is -2.79. The molecule has 0 aliphatic carbocycles. The van der Waals surface area contributed by atoms with E-state index >= 15 is 0 Å². The fourth-order valence-corrected chi connectivity index (χ4v) is 3.75. The van der Waals surface area contributed by atoms with Gasteiger partial charge in [0, 0.05) is 11.8 Å². The number of thiophene rings is 1. The minimum atomic E-state index is -3.10.